The van der Waals surface area contributed by atoms with E-state index in [-0.39, 0.29) is 11.6 Å². The number of aryl methyl sites for hydroxylation is 1. The molecule has 4 aromatic rings. The highest BCUT2D eigenvalue weighted by Crippen LogP contribution is 2.27. The molecule has 0 saturated carbocycles. The van der Waals surface area contributed by atoms with Crippen LogP contribution in [0.3, 0.4) is 0 Å². The molecule has 2 heterocycles. The third-order valence-corrected chi connectivity index (χ3v) is 6.01. The average Bonchev–Trinajstić information content (AvgIpc) is 3.46. The van der Waals surface area contributed by atoms with Gasteiger partial charge in [0.05, 0.1) is 5.75 Å². The topological polar surface area (TPSA) is 95.9 Å². The van der Waals surface area contributed by atoms with E-state index in [2.05, 4.69) is 20.4 Å². The molecule has 0 amide bonds. The molecule has 2 aromatic heterocycles. The molecule has 0 aliphatic carbocycles. The SMILES string of the molecule is CCn1c(SCC(=O)OC(C)c2nnc(-c3cccc(C)c3)o2)nnc1-c1ccc(Cl)cc1. The summed E-state index contributed by atoms with van der Waals surface area (Å²) in [5.41, 5.74) is 2.80. The number of ether oxygens (including phenoxy) is 1. The first-order chi connectivity index (χ1) is 15.9. The minimum absolute atomic E-state index is 0.0714. The maximum absolute atomic E-state index is 12.4. The predicted octanol–water partition coefficient (Wildman–Crippen LogP) is 5.37. The van der Waals surface area contributed by atoms with Gasteiger partial charge in [-0.1, -0.05) is 41.1 Å². The number of hydrogen-bond donors (Lipinski definition) is 0. The Bertz CT molecular complexity index is 1260. The molecule has 170 valence electrons. The molecule has 4 rings (SSSR count). The van der Waals surface area contributed by atoms with Gasteiger partial charge in [0.15, 0.2) is 17.1 Å². The number of hydrogen-bond acceptors (Lipinski definition) is 8. The number of carbonyl (C=O) groups is 1. The van der Waals surface area contributed by atoms with E-state index < -0.39 is 12.1 Å². The van der Waals surface area contributed by atoms with Crippen molar-refractivity contribution in [1.82, 2.24) is 25.0 Å². The Morgan fingerprint density at radius 3 is 2.64 bits per heavy atom. The van der Waals surface area contributed by atoms with Gasteiger partial charge in [0, 0.05) is 22.7 Å². The summed E-state index contributed by atoms with van der Waals surface area (Å²) in [7, 11) is 0. The zero-order valence-corrected chi connectivity index (χ0v) is 19.9. The molecular weight excluding hydrogens is 462 g/mol. The van der Waals surface area contributed by atoms with Crippen LogP contribution < -0.4 is 0 Å². The van der Waals surface area contributed by atoms with E-state index in [4.69, 9.17) is 20.8 Å². The zero-order chi connectivity index (χ0) is 23.4. The third kappa shape index (κ3) is 5.43. The Balaban J connectivity index is 1.37. The van der Waals surface area contributed by atoms with Crippen LogP contribution in [0.15, 0.2) is 58.1 Å². The number of benzene rings is 2. The van der Waals surface area contributed by atoms with Crippen LogP contribution >= 0.6 is 23.4 Å². The van der Waals surface area contributed by atoms with Gasteiger partial charge in [-0.25, -0.2) is 0 Å². The molecule has 0 saturated heterocycles. The quantitative estimate of drug-likeness (QED) is 0.243. The lowest BCUT2D eigenvalue weighted by atomic mass is 10.1. The fraction of sp³-hybridized carbons (Fsp3) is 0.261. The zero-order valence-electron chi connectivity index (χ0n) is 18.4. The van der Waals surface area contributed by atoms with Crippen LogP contribution in [0.5, 0.6) is 0 Å². The fourth-order valence-electron chi connectivity index (χ4n) is 3.19. The predicted molar refractivity (Wildman–Crippen MR) is 126 cm³/mol. The van der Waals surface area contributed by atoms with Gasteiger partial charge in [0.1, 0.15) is 0 Å². The third-order valence-electron chi connectivity index (χ3n) is 4.82. The molecule has 0 aliphatic heterocycles. The summed E-state index contributed by atoms with van der Waals surface area (Å²) in [6.07, 6.45) is -0.669. The monoisotopic (exact) mass is 483 g/mol. The van der Waals surface area contributed by atoms with Gasteiger partial charge >= 0.3 is 5.97 Å². The highest BCUT2D eigenvalue weighted by Gasteiger charge is 2.21. The molecular formula is C23H22ClN5O3S. The van der Waals surface area contributed by atoms with Gasteiger partial charge in [-0.2, -0.15) is 0 Å². The van der Waals surface area contributed by atoms with Crippen LogP contribution in [0.25, 0.3) is 22.8 Å². The minimum Gasteiger partial charge on any atom is -0.452 e. The maximum Gasteiger partial charge on any atom is 0.317 e. The molecule has 10 heteroatoms. The first kappa shape index (κ1) is 23.0. The molecule has 33 heavy (non-hydrogen) atoms. The minimum atomic E-state index is -0.669. The molecule has 0 N–H and O–H groups in total. The first-order valence-corrected chi connectivity index (χ1v) is 11.7. The normalized spacial score (nSPS) is 12.0. The van der Waals surface area contributed by atoms with Gasteiger partial charge in [-0.3, -0.25) is 4.79 Å². The number of esters is 1. The fourth-order valence-corrected chi connectivity index (χ4v) is 4.10. The molecule has 0 bridgehead atoms. The number of rotatable bonds is 8. The lowest BCUT2D eigenvalue weighted by Gasteiger charge is -2.10. The van der Waals surface area contributed by atoms with Crippen LogP contribution in [-0.4, -0.2) is 36.7 Å². The summed E-state index contributed by atoms with van der Waals surface area (Å²) in [6.45, 7) is 6.33. The number of halogens is 1. The van der Waals surface area contributed by atoms with E-state index in [0.29, 0.717) is 28.4 Å². The van der Waals surface area contributed by atoms with Crippen molar-refractivity contribution in [3.05, 3.63) is 65.0 Å². The van der Waals surface area contributed by atoms with Crippen molar-refractivity contribution in [2.24, 2.45) is 0 Å². The smallest absolute Gasteiger partial charge is 0.317 e. The Kier molecular flexibility index (Phi) is 7.10. The second-order valence-electron chi connectivity index (χ2n) is 7.29. The van der Waals surface area contributed by atoms with E-state index in [9.17, 15) is 4.79 Å². The second kappa shape index (κ2) is 10.2. The largest absolute Gasteiger partial charge is 0.452 e. The van der Waals surface area contributed by atoms with Crippen molar-refractivity contribution in [3.63, 3.8) is 0 Å². The van der Waals surface area contributed by atoms with Crippen molar-refractivity contribution in [1.29, 1.82) is 0 Å². The summed E-state index contributed by atoms with van der Waals surface area (Å²) < 4.78 is 13.1. The van der Waals surface area contributed by atoms with Crippen LogP contribution in [0, 0.1) is 6.92 Å². The number of aromatic nitrogens is 5. The molecule has 1 atom stereocenters. The Morgan fingerprint density at radius 2 is 1.91 bits per heavy atom. The number of carbonyl (C=O) groups excluding carboxylic acids is 1. The highest BCUT2D eigenvalue weighted by molar-refractivity contribution is 7.99. The standard InChI is InChI=1S/C23H22ClN5O3S/c1-4-29-20(16-8-10-18(24)11-9-16)25-28-23(29)33-13-19(30)31-15(3)21-26-27-22(32-21)17-7-5-6-14(2)12-17/h5-12,15H,4,13H2,1-3H3. The second-order valence-corrected chi connectivity index (χ2v) is 8.67. The van der Waals surface area contributed by atoms with Crippen molar-refractivity contribution in [2.75, 3.05) is 5.75 Å². The van der Waals surface area contributed by atoms with E-state index in [1.807, 2.05) is 54.8 Å². The molecule has 0 fully saturated rings. The van der Waals surface area contributed by atoms with Gasteiger partial charge in [0.2, 0.25) is 5.89 Å². The van der Waals surface area contributed by atoms with Gasteiger partial charge in [-0.15, -0.1) is 20.4 Å². The molecule has 0 spiro atoms. The van der Waals surface area contributed by atoms with Crippen molar-refractivity contribution in [3.8, 4) is 22.8 Å². The number of nitrogens with zero attached hydrogens (tertiary/aromatic N) is 5. The van der Waals surface area contributed by atoms with Crippen molar-refractivity contribution < 1.29 is 13.9 Å². The summed E-state index contributed by atoms with van der Waals surface area (Å²) >= 11 is 7.23. The van der Waals surface area contributed by atoms with E-state index >= 15 is 0 Å². The molecule has 2 aromatic carbocycles. The summed E-state index contributed by atoms with van der Waals surface area (Å²) in [5.74, 6) is 1.000. The van der Waals surface area contributed by atoms with Crippen LogP contribution in [-0.2, 0) is 16.1 Å². The average molecular weight is 484 g/mol. The molecule has 1 unspecified atom stereocenters. The highest BCUT2D eigenvalue weighted by atomic mass is 35.5. The van der Waals surface area contributed by atoms with Gasteiger partial charge < -0.3 is 13.7 Å². The summed E-state index contributed by atoms with van der Waals surface area (Å²) in [4.78, 5) is 12.4. The van der Waals surface area contributed by atoms with E-state index in [0.717, 1.165) is 16.7 Å². The summed E-state index contributed by atoms with van der Waals surface area (Å²) in [5, 5.41) is 17.9. The lowest BCUT2D eigenvalue weighted by molar-refractivity contribution is -0.146. The molecule has 8 nitrogen and oxygen atoms in total. The van der Waals surface area contributed by atoms with Gasteiger partial charge in [-0.05, 0) is 57.2 Å². The Labute approximate surface area is 200 Å². The molecule has 0 radical (unpaired) electrons. The van der Waals surface area contributed by atoms with Gasteiger partial charge in [0.25, 0.3) is 5.89 Å². The van der Waals surface area contributed by atoms with E-state index in [1.54, 1.807) is 19.1 Å². The Hall–Kier alpha value is -3.17. The van der Waals surface area contributed by atoms with Crippen LogP contribution in [0.1, 0.15) is 31.4 Å². The first-order valence-electron chi connectivity index (χ1n) is 10.4. The van der Waals surface area contributed by atoms with E-state index in [1.165, 1.54) is 11.8 Å². The lowest BCUT2D eigenvalue weighted by Crippen LogP contribution is -2.12. The molecule has 0 aliphatic rings. The maximum atomic E-state index is 12.4. The number of thioether (sulfide) groups is 1. The summed E-state index contributed by atoms with van der Waals surface area (Å²) in [6, 6.07) is 15.1. The van der Waals surface area contributed by atoms with Crippen molar-refractivity contribution >= 4 is 29.3 Å². The van der Waals surface area contributed by atoms with Crippen molar-refractivity contribution in [2.45, 2.75) is 38.6 Å². The Morgan fingerprint density at radius 1 is 1.12 bits per heavy atom. The van der Waals surface area contributed by atoms with Crippen LogP contribution in [0.4, 0.5) is 0 Å². The van der Waals surface area contributed by atoms with Crippen LogP contribution in [0.2, 0.25) is 5.02 Å².